The number of imidazole rings is 1. The summed E-state index contributed by atoms with van der Waals surface area (Å²) in [7, 11) is 0. The van der Waals surface area contributed by atoms with Gasteiger partial charge in [-0.2, -0.15) is 0 Å². The van der Waals surface area contributed by atoms with Crippen LogP contribution < -0.4 is 0 Å². The highest BCUT2D eigenvalue weighted by molar-refractivity contribution is 9.10. The van der Waals surface area contributed by atoms with Crippen LogP contribution in [0.25, 0.3) is 0 Å². The molecule has 0 radical (unpaired) electrons. The number of aliphatic hydroxyl groups excluding tert-OH is 1. The standard InChI is InChI=1S/C11H9BrF2N2O/c12-8-1-2-9(13)7(11(8)14)5-16-4-3-15-10(16)6-17/h1-4,17H,5-6H2. The lowest BCUT2D eigenvalue weighted by Gasteiger charge is -2.09. The van der Waals surface area contributed by atoms with Gasteiger partial charge in [0.15, 0.2) is 0 Å². The maximum Gasteiger partial charge on any atom is 0.145 e. The Labute approximate surface area is 105 Å². The lowest BCUT2D eigenvalue weighted by molar-refractivity contribution is 0.266. The molecule has 0 fully saturated rings. The van der Waals surface area contributed by atoms with Crippen molar-refractivity contribution in [1.29, 1.82) is 0 Å². The van der Waals surface area contributed by atoms with E-state index in [1.807, 2.05) is 0 Å². The van der Waals surface area contributed by atoms with Gasteiger partial charge in [-0.15, -0.1) is 0 Å². The normalized spacial score (nSPS) is 10.8. The first-order valence-corrected chi connectivity index (χ1v) is 5.66. The van der Waals surface area contributed by atoms with Crippen LogP contribution in [0.15, 0.2) is 29.0 Å². The number of rotatable bonds is 3. The Morgan fingerprint density at radius 1 is 1.35 bits per heavy atom. The molecule has 0 amide bonds. The van der Waals surface area contributed by atoms with Crippen molar-refractivity contribution >= 4 is 15.9 Å². The van der Waals surface area contributed by atoms with Crippen molar-refractivity contribution in [3.8, 4) is 0 Å². The lowest BCUT2D eigenvalue weighted by atomic mass is 10.2. The Bertz CT molecular complexity index is 542. The zero-order valence-electron chi connectivity index (χ0n) is 8.70. The van der Waals surface area contributed by atoms with Crippen LogP contribution in [-0.4, -0.2) is 14.7 Å². The monoisotopic (exact) mass is 302 g/mol. The minimum Gasteiger partial charge on any atom is -0.388 e. The molecule has 0 bridgehead atoms. The first kappa shape index (κ1) is 12.2. The third-order valence-corrected chi connectivity index (χ3v) is 3.02. The van der Waals surface area contributed by atoms with Gasteiger partial charge in [0.25, 0.3) is 0 Å². The largest absolute Gasteiger partial charge is 0.388 e. The fourth-order valence-electron chi connectivity index (χ4n) is 1.52. The van der Waals surface area contributed by atoms with E-state index in [2.05, 4.69) is 20.9 Å². The fourth-order valence-corrected chi connectivity index (χ4v) is 1.89. The molecule has 3 nitrogen and oxygen atoms in total. The summed E-state index contributed by atoms with van der Waals surface area (Å²) in [6, 6.07) is 2.51. The predicted molar refractivity (Wildman–Crippen MR) is 61.3 cm³/mol. The van der Waals surface area contributed by atoms with Gasteiger partial charge in [-0.05, 0) is 28.1 Å². The van der Waals surface area contributed by atoms with E-state index in [-0.39, 0.29) is 23.2 Å². The Morgan fingerprint density at radius 3 is 2.82 bits per heavy atom. The molecule has 2 rings (SSSR count). The third-order valence-electron chi connectivity index (χ3n) is 2.41. The van der Waals surface area contributed by atoms with Crippen LogP contribution in [0.5, 0.6) is 0 Å². The van der Waals surface area contributed by atoms with Crippen LogP contribution in [0.4, 0.5) is 8.78 Å². The average molecular weight is 303 g/mol. The molecule has 90 valence electrons. The maximum atomic E-state index is 13.7. The van der Waals surface area contributed by atoms with Crippen molar-refractivity contribution in [1.82, 2.24) is 9.55 Å². The van der Waals surface area contributed by atoms with E-state index < -0.39 is 11.6 Å². The minimum atomic E-state index is -0.636. The molecule has 1 aromatic carbocycles. The molecule has 0 saturated heterocycles. The molecular weight excluding hydrogens is 294 g/mol. The highest BCUT2D eigenvalue weighted by Crippen LogP contribution is 2.22. The molecule has 1 aromatic heterocycles. The molecule has 17 heavy (non-hydrogen) atoms. The van der Waals surface area contributed by atoms with E-state index in [9.17, 15) is 8.78 Å². The first-order valence-electron chi connectivity index (χ1n) is 4.86. The molecular formula is C11H9BrF2N2O. The number of benzene rings is 1. The number of halogens is 3. The minimum absolute atomic E-state index is 0.00694. The topological polar surface area (TPSA) is 38.1 Å². The number of hydrogen-bond donors (Lipinski definition) is 1. The molecule has 2 aromatic rings. The van der Waals surface area contributed by atoms with Gasteiger partial charge >= 0.3 is 0 Å². The predicted octanol–water partition coefficient (Wildman–Crippen LogP) is 2.46. The van der Waals surface area contributed by atoms with Crippen molar-refractivity contribution in [3.05, 3.63) is 52.0 Å². The molecule has 0 saturated carbocycles. The van der Waals surface area contributed by atoms with Gasteiger partial charge in [-0.1, -0.05) is 0 Å². The fraction of sp³-hybridized carbons (Fsp3) is 0.182. The maximum absolute atomic E-state index is 13.7. The highest BCUT2D eigenvalue weighted by atomic mass is 79.9. The summed E-state index contributed by atoms with van der Waals surface area (Å²) >= 11 is 3.00. The van der Waals surface area contributed by atoms with E-state index in [1.165, 1.54) is 22.9 Å². The van der Waals surface area contributed by atoms with Crippen LogP contribution >= 0.6 is 15.9 Å². The number of hydrogen-bond acceptors (Lipinski definition) is 2. The molecule has 1 heterocycles. The Hall–Kier alpha value is -1.27. The number of aliphatic hydroxyl groups is 1. The number of nitrogens with zero attached hydrogens (tertiary/aromatic N) is 2. The van der Waals surface area contributed by atoms with Crippen molar-refractivity contribution in [2.45, 2.75) is 13.2 Å². The molecule has 0 unspecified atom stereocenters. The smallest absolute Gasteiger partial charge is 0.145 e. The summed E-state index contributed by atoms with van der Waals surface area (Å²) in [6.45, 7) is -0.281. The number of aromatic nitrogens is 2. The SMILES string of the molecule is OCc1nccn1Cc1c(F)ccc(Br)c1F. The van der Waals surface area contributed by atoms with E-state index in [0.717, 1.165) is 0 Å². The third kappa shape index (κ3) is 2.37. The molecule has 6 heteroatoms. The zero-order valence-corrected chi connectivity index (χ0v) is 10.3. The van der Waals surface area contributed by atoms with Crippen LogP contribution in [0, 0.1) is 11.6 Å². The summed E-state index contributed by atoms with van der Waals surface area (Å²) < 4.78 is 28.9. The second kappa shape index (κ2) is 4.93. The van der Waals surface area contributed by atoms with E-state index >= 15 is 0 Å². The summed E-state index contributed by atoms with van der Waals surface area (Å²) in [5.74, 6) is -0.894. The van der Waals surface area contributed by atoms with Crippen molar-refractivity contribution in [3.63, 3.8) is 0 Å². The van der Waals surface area contributed by atoms with Gasteiger partial charge in [0.2, 0.25) is 0 Å². The average Bonchev–Trinajstić information content (AvgIpc) is 2.77. The molecule has 0 aliphatic heterocycles. The quantitative estimate of drug-likeness (QED) is 0.885. The highest BCUT2D eigenvalue weighted by Gasteiger charge is 2.14. The van der Waals surface area contributed by atoms with E-state index in [0.29, 0.717) is 5.82 Å². The Morgan fingerprint density at radius 2 is 2.12 bits per heavy atom. The van der Waals surface area contributed by atoms with Crippen molar-refractivity contribution < 1.29 is 13.9 Å². The summed E-state index contributed by atoms with van der Waals surface area (Å²) in [4.78, 5) is 3.87. The van der Waals surface area contributed by atoms with Crippen molar-refractivity contribution in [2.24, 2.45) is 0 Å². The molecule has 0 aliphatic carbocycles. The first-order chi connectivity index (χ1) is 8.13. The van der Waals surface area contributed by atoms with Gasteiger partial charge in [0.05, 0.1) is 11.0 Å². The van der Waals surface area contributed by atoms with Gasteiger partial charge < -0.3 is 9.67 Å². The van der Waals surface area contributed by atoms with E-state index in [1.54, 1.807) is 6.20 Å². The Balaban J connectivity index is 2.39. The molecule has 0 aliphatic rings. The summed E-state index contributed by atoms with van der Waals surface area (Å²) in [5.41, 5.74) is -0.0629. The Kier molecular flexibility index (Phi) is 3.54. The molecule has 0 atom stereocenters. The van der Waals surface area contributed by atoms with Crippen LogP contribution in [-0.2, 0) is 13.2 Å². The molecule has 1 N–H and O–H groups in total. The van der Waals surface area contributed by atoms with Crippen LogP contribution in [0.2, 0.25) is 0 Å². The van der Waals surface area contributed by atoms with E-state index in [4.69, 9.17) is 5.11 Å². The van der Waals surface area contributed by atoms with Crippen LogP contribution in [0.1, 0.15) is 11.4 Å². The second-order valence-corrected chi connectivity index (χ2v) is 4.31. The summed E-state index contributed by atoms with van der Waals surface area (Å²) in [5, 5.41) is 9.00. The van der Waals surface area contributed by atoms with Gasteiger partial charge in [0.1, 0.15) is 24.1 Å². The zero-order chi connectivity index (χ0) is 12.4. The van der Waals surface area contributed by atoms with Crippen molar-refractivity contribution in [2.75, 3.05) is 0 Å². The second-order valence-electron chi connectivity index (χ2n) is 3.45. The lowest BCUT2D eigenvalue weighted by Crippen LogP contribution is -2.08. The molecule has 0 spiro atoms. The summed E-state index contributed by atoms with van der Waals surface area (Å²) in [6.07, 6.45) is 3.03. The van der Waals surface area contributed by atoms with Gasteiger partial charge in [-0.3, -0.25) is 0 Å². The van der Waals surface area contributed by atoms with Gasteiger partial charge in [0, 0.05) is 18.0 Å². The van der Waals surface area contributed by atoms with Gasteiger partial charge in [-0.25, -0.2) is 13.8 Å². The van der Waals surface area contributed by atoms with Crippen LogP contribution in [0.3, 0.4) is 0 Å².